The highest BCUT2D eigenvalue weighted by molar-refractivity contribution is 5.89. The van der Waals surface area contributed by atoms with Crippen molar-refractivity contribution < 1.29 is 38.4 Å². The maximum absolute atomic E-state index is 12.4. The summed E-state index contributed by atoms with van der Waals surface area (Å²) in [5.74, 6) is -1.28. The Bertz CT molecular complexity index is 689. The van der Waals surface area contributed by atoms with Gasteiger partial charge in [0.05, 0.1) is 5.56 Å². The van der Waals surface area contributed by atoms with Crippen LogP contribution >= 0.6 is 0 Å². The monoisotopic (exact) mass is 348 g/mol. The Kier molecular flexibility index (Phi) is 4.04. The molecule has 25 heavy (non-hydrogen) atoms. The maximum atomic E-state index is 12.4. The van der Waals surface area contributed by atoms with E-state index in [2.05, 4.69) is 6.58 Å². The predicted molar refractivity (Wildman–Crippen MR) is 80.1 cm³/mol. The first-order valence-corrected chi connectivity index (χ1v) is 7.82. The van der Waals surface area contributed by atoms with Gasteiger partial charge in [0.25, 0.3) is 6.48 Å². The summed E-state index contributed by atoms with van der Waals surface area (Å²) in [6, 6.07) is 8.40. The van der Waals surface area contributed by atoms with E-state index in [-0.39, 0.29) is 0 Å². The molecule has 4 aliphatic rings. The van der Waals surface area contributed by atoms with Crippen molar-refractivity contribution in [3.63, 3.8) is 0 Å². The van der Waals surface area contributed by atoms with Crippen LogP contribution in [0.4, 0.5) is 0 Å². The molecule has 4 bridgehead atoms. The van der Waals surface area contributed by atoms with Gasteiger partial charge in [-0.1, -0.05) is 24.8 Å². The summed E-state index contributed by atoms with van der Waals surface area (Å²) in [5, 5.41) is 10.4. The molecule has 1 saturated carbocycles. The second-order valence-electron chi connectivity index (χ2n) is 5.92. The molecule has 0 aromatic heterocycles. The van der Waals surface area contributed by atoms with Crippen LogP contribution in [-0.4, -0.2) is 60.1 Å². The van der Waals surface area contributed by atoms with Crippen LogP contribution in [0.5, 0.6) is 0 Å². The molecule has 4 fully saturated rings. The number of hydrogen-bond acceptors (Lipinski definition) is 8. The van der Waals surface area contributed by atoms with Gasteiger partial charge in [-0.15, -0.1) is 0 Å². The van der Waals surface area contributed by atoms with E-state index < -0.39 is 55.0 Å². The SMILES string of the molecule is C=CC(=O)O[C@@H]1[C@H]2O[C@H]3O[C@@H]1[C@@H](O)[C@H](O3)[C@@H]2OC(=O)c1ccccc1. The van der Waals surface area contributed by atoms with Gasteiger partial charge in [0.1, 0.15) is 24.4 Å². The minimum atomic E-state index is -1.13. The first kappa shape index (κ1) is 16.2. The fraction of sp³-hybridized carbons (Fsp3) is 0.412. The van der Waals surface area contributed by atoms with E-state index in [1.165, 1.54) is 0 Å². The Morgan fingerprint density at radius 3 is 2.24 bits per heavy atom. The molecule has 5 rings (SSSR count). The van der Waals surface area contributed by atoms with Crippen molar-refractivity contribution in [3.8, 4) is 0 Å². The van der Waals surface area contributed by atoms with Crippen LogP contribution in [0.2, 0.25) is 0 Å². The maximum Gasteiger partial charge on any atom is 0.338 e. The Balaban J connectivity index is 1.58. The van der Waals surface area contributed by atoms with E-state index in [1.54, 1.807) is 30.3 Å². The number of aliphatic hydroxyl groups is 1. The van der Waals surface area contributed by atoms with Gasteiger partial charge in [0.15, 0.2) is 12.2 Å². The number of aliphatic hydroxyl groups excluding tert-OH is 1. The normalized spacial score (nSPS) is 38.2. The number of hydrogen-bond donors (Lipinski definition) is 1. The lowest BCUT2D eigenvalue weighted by Crippen LogP contribution is -2.76. The van der Waals surface area contributed by atoms with Crippen LogP contribution in [0, 0.1) is 0 Å². The van der Waals surface area contributed by atoms with Gasteiger partial charge in [0.2, 0.25) is 0 Å². The molecule has 8 nitrogen and oxygen atoms in total. The molecule has 1 aromatic rings. The molecule has 0 amide bonds. The molecule has 1 aliphatic carbocycles. The average molecular weight is 348 g/mol. The van der Waals surface area contributed by atoms with E-state index in [4.69, 9.17) is 23.7 Å². The third-order valence-corrected chi connectivity index (χ3v) is 4.44. The van der Waals surface area contributed by atoms with Gasteiger partial charge in [-0.2, -0.15) is 0 Å². The number of carbonyl (C=O) groups is 2. The number of rotatable bonds is 4. The number of ether oxygens (including phenoxy) is 5. The largest absolute Gasteiger partial charge is 0.453 e. The summed E-state index contributed by atoms with van der Waals surface area (Å²) in [4.78, 5) is 23.9. The summed E-state index contributed by atoms with van der Waals surface area (Å²) >= 11 is 0. The van der Waals surface area contributed by atoms with Gasteiger partial charge in [-0.3, -0.25) is 0 Å². The highest BCUT2D eigenvalue weighted by Gasteiger charge is 2.64. The van der Waals surface area contributed by atoms with Crippen molar-refractivity contribution >= 4 is 11.9 Å². The predicted octanol–water partition coefficient (Wildman–Crippen LogP) is 0.151. The van der Waals surface area contributed by atoms with Crippen molar-refractivity contribution in [2.24, 2.45) is 0 Å². The van der Waals surface area contributed by atoms with Crippen molar-refractivity contribution in [2.75, 3.05) is 0 Å². The van der Waals surface area contributed by atoms with Crippen LogP contribution in [0.1, 0.15) is 10.4 Å². The van der Waals surface area contributed by atoms with Crippen molar-refractivity contribution in [1.82, 2.24) is 0 Å². The topological polar surface area (TPSA) is 101 Å². The third kappa shape index (κ3) is 2.73. The second-order valence-corrected chi connectivity index (χ2v) is 5.92. The van der Waals surface area contributed by atoms with Crippen LogP contribution < -0.4 is 0 Å². The zero-order chi connectivity index (χ0) is 17.6. The zero-order valence-corrected chi connectivity index (χ0v) is 13.0. The Hall–Kier alpha value is -2.26. The summed E-state index contributed by atoms with van der Waals surface area (Å²) in [6.45, 7) is 2.35. The molecule has 7 atom stereocenters. The van der Waals surface area contributed by atoms with E-state index >= 15 is 0 Å². The van der Waals surface area contributed by atoms with Gasteiger partial charge in [-0.25, -0.2) is 9.59 Å². The molecule has 3 saturated heterocycles. The quantitative estimate of drug-likeness (QED) is 0.606. The molecule has 0 unspecified atom stereocenters. The van der Waals surface area contributed by atoms with Gasteiger partial charge in [0, 0.05) is 6.08 Å². The molecular formula is C17H16O8. The molecule has 1 aromatic carbocycles. The van der Waals surface area contributed by atoms with E-state index in [1.807, 2.05) is 0 Å². The third-order valence-electron chi connectivity index (χ3n) is 4.44. The second kappa shape index (κ2) is 6.23. The first-order chi connectivity index (χ1) is 12.1. The highest BCUT2D eigenvalue weighted by atomic mass is 16.9. The van der Waals surface area contributed by atoms with E-state index in [0.717, 1.165) is 6.08 Å². The van der Waals surface area contributed by atoms with Gasteiger partial charge < -0.3 is 28.8 Å². The standard InChI is InChI=1S/C17H16O8/c1-2-9(18)21-13-11-10(19)12-14(15(13)25-17(23-11)24-12)22-16(20)8-6-4-3-5-7-8/h2-7,10-15,17,19H,1H2/t10-,11-,12+,13+,14+,15-,17+/m1/s1. The lowest BCUT2D eigenvalue weighted by atomic mass is 9.82. The van der Waals surface area contributed by atoms with Crippen molar-refractivity contribution in [1.29, 1.82) is 0 Å². The number of benzene rings is 1. The molecule has 3 aliphatic heterocycles. The summed E-state index contributed by atoms with van der Waals surface area (Å²) < 4.78 is 27.1. The summed E-state index contributed by atoms with van der Waals surface area (Å²) in [6.07, 6.45) is -4.46. The van der Waals surface area contributed by atoms with E-state index in [0.29, 0.717) is 5.56 Å². The Labute approximate surface area is 142 Å². The molecule has 132 valence electrons. The lowest BCUT2D eigenvalue weighted by molar-refractivity contribution is -0.479. The molecule has 0 radical (unpaired) electrons. The minimum absolute atomic E-state index is 0.349. The van der Waals surface area contributed by atoms with Gasteiger partial charge in [-0.05, 0) is 12.1 Å². The Morgan fingerprint density at radius 1 is 1.00 bits per heavy atom. The lowest BCUT2D eigenvalue weighted by Gasteiger charge is -2.56. The van der Waals surface area contributed by atoms with Crippen LogP contribution in [0.3, 0.4) is 0 Å². The van der Waals surface area contributed by atoms with Crippen molar-refractivity contribution in [2.45, 2.75) is 43.1 Å². The van der Waals surface area contributed by atoms with Crippen LogP contribution in [-0.2, 0) is 28.5 Å². The molecule has 3 heterocycles. The minimum Gasteiger partial charge on any atom is -0.453 e. The molecule has 0 spiro atoms. The molecule has 8 heteroatoms. The first-order valence-electron chi connectivity index (χ1n) is 7.82. The summed E-state index contributed by atoms with van der Waals surface area (Å²) in [7, 11) is 0. The smallest absolute Gasteiger partial charge is 0.338 e. The molecular weight excluding hydrogens is 332 g/mol. The summed E-state index contributed by atoms with van der Waals surface area (Å²) in [5.41, 5.74) is 0.349. The van der Waals surface area contributed by atoms with Crippen LogP contribution in [0.25, 0.3) is 0 Å². The number of carbonyl (C=O) groups excluding carboxylic acids is 2. The van der Waals surface area contributed by atoms with Crippen LogP contribution in [0.15, 0.2) is 43.0 Å². The van der Waals surface area contributed by atoms with E-state index in [9.17, 15) is 14.7 Å². The highest BCUT2D eigenvalue weighted by Crippen LogP contribution is 2.42. The van der Waals surface area contributed by atoms with Crippen molar-refractivity contribution in [3.05, 3.63) is 48.6 Å². The fourth-order valence-electron chi connectivity index (χ4n) is 3.30. The Morgan fingerprint density at radius 2 is 1.60 bits per heavy atom. The zero-order valence-electron chi connectivity index (χ0n) is 13.0. The van der Waals surface area contributed by atoms with Gasteiger partial charge >= 0.3 is 11.9 Å². The fourth-order valence-corrected chi connectivity index (χ4v) is 3.30. The number of esters is 2. The molecule has 1 N–H and O–H groups in total. The average Bonchev–Trinajstić information content (AvgIpc) is 2.64.